The highest BCUT2D eigenvalue weighted by Crippen LogP contribution is 2.09. The van der Waals surface area contributed by atoms with Gasteiger partial charge in [0.1, 0.15) is 6.54 Å². The van der Waals surface area contributed by atoms with E-state index in [1.54, 1.807) is 0 Å². The predicted octanol–water partition coefficient (Wildman–Crippen LogP) is 0.873. The van der Waals surface area contributed by atoms with Gasteiger partial charge in [-0.3, -0.25) is 9.59 Å². The van der Waals surface area contributed by atoms with Crippen LogP contribution in [0.3, 0.4) is 0 Å². The Kier molecular flexibility index (Phi) is 3.79. The fourth-order valence-corrected chi connectivity index (χ4v) is 2.16. The van der Waals surface area contributed by atoms with E-state index in [9.17, 15) is 9.59 Å². The van der Waals surface area contributed by atoms with Gasteiger partial charge in [-0.2, -0.15) is 5.10 Å². The molecule has 0 bridgehead atoms. The second-order valence-corrected chi connectivity index (χ2v) is 4.85. The average Bonchev–Trinajstić information content (AvgIpc) is 2.37. The molecule has 0 atom stereocenters. The molecule has 1 aliphatic rings. The second-order valence-electron chi connectivity index (χ2n) is 4.85. The van der Waals surface area contributed by atoms with E-state index in [4.69, 9.17) is 0 Å². The van der Waals surface area contributed by atoms with Gasteiger partial charge in [-0.05, 0) is 38.7 Å². The van der Waals surface area contributed by atoms with Gasteiger partial charge in [-0.15, -0.1) is 0 Å². The Hall–Kier alpha value is -1.65. The Morgan fingerprint density at radius 1 is 1.28 bits per heavy atom. The van der Waals surface area contributed by atoms with Crippen molar-refractivity contribution in [1.29, 1.82) is 0 Å². The number of piperidine rings is 1. The molecule has 2 heterocycles. The van der Waals surface area contributed by atoms with E-state index >= 15 is 0 Å². The Morgan fingerprint density at radius 3 is 2.61 bits per heavy atom. The first-order valence-corrected chi connectivity index (χ1v) is 6.41. The van der Waals surface area contributed by atoms with Crippen molar-refractivity contribution in [3.63, 3.8) is 0 Å². The van der Waals surface area contributed by atoms with Gasteiger partial charge in [0, 0.05) is 19.2 Å². The third-order valence-electron chi connectivity index (χ3n) is 3.43. The minimum absolute atomic E-state index is 0.00690. The van der Waals surface area contributed by atoms with Crippen LogP contribution in [0.5, 0.6) is 0 Å². The number of hydrogen-bond acceptors (Lipinski definition) is 3. The van der Waals surface area contributed by atoms with E-state index < -0.39 is 0 Å². The Morgan fingerprint density at radius 2 is 1.94 bits per heavy atom. The smallest absolute Gasteiger partial charge is 0.267 e. The van der Waals surface area contributed by atoms with Crippen molar-refractivity contribution >= 4 is 5.91 Å². The van der Waals surface area contributed by atoms with E-state index in [0.717, 1.165) is 37.2 Å². The van der Waals surface area contributed by atoms with E-state index in [1.165, 1.54) is 17.2 Å². The summed E-state index contributed by atoms with van der Waals surface area (Å²) in [6.45, 7) is 5.36. The van der Waals surface area contributed by atoms with Crippen LogP contribution in [0.4, 0.5) is 0 Å². The molecule has 1 saturated heterocycles. The maximum absolute atomic E-state index is 12.0. The molecule has 1 amide bonds. The van der Waals surface area contributed by atoms with Crippen LogP contribution in [0.1, 0.15) is 30.5 Å². The van der Waals surface area contributed by atoms with Crippen LogP contribution < -0.4 is 5.56 Å². The highest BCUT2D eigenvalue weighted by molar-refractivity contribution is 5.75. The topological polar surface area (TPSA) is 55.2 Å². The summed E-state index contributed by atoms with van der Waals surface area (Å²) >= 11 is 0. The number of hydrogen-bond donors (Lipinski definition) is 0. The Balaban J connectivity index is 2.11. The summed E-state index contributed by atoms with van der Waals surface area (Å²) in [5, 5.41) is 4.16. The molecule has 1 fully saturated rings. The van der Waals surface area contributed by atoms with Crippen molar-refractivity contribution in [2.45, 2.75) is 39.7 Å². The van der Waals surface area contributed by atoms with Gasteiger partial charge in [0.15, 0.2) is 0 Å². The molecule has 0 N–H and O–H groups in total. The molecule has 1 aliphatic heterocycles. The molecular formula is C13H19N3O2. The number of aryl methyl sites for hydroxylation is 2. The molecule has 0 saturated carbocycles. The number of carbonyl (C=O) groups excluding carboxylic acids is 1. The van der Waals surface area contributed by atoms with E-state index in [1.807, 2.05) is 18.7 Å². The lowest BCUT2D eigenvalue weighted by Gasteiger charge is -2.26. The van der Waals surface area contributed by atoms with Crippen LogP contribution >= 0.6 is 0 Å². The average molecular weight is 249 g/mol. The summed E-state index contributed by atoms with van der Waals surface area (Å²) in [5.41, 5.74) is 1.45. The SMILES string of the molecule is Cc1cc(=O)n(CC(=O)N2CCCCC2)nc1C. The largest absolute Gasteiger partial charge is 0.341 e. The van der Waals surface area contributed by atoms with Crippen molar-refractivity contribution in [2.75, 3.05) is 13.1 Å². The number of rotatable bonds is 2. The summed E-state index contributed by atoms with van der Waals surface area (Å²) in [4.78, 5) is 25.6. The lowest BCUT2D eigenvalue weighted by Crippen LogP contribution is -2.40. The minimum Gasteiger partial charge on any atom is -0.341 e. The first-order chi connectivity index (χ1) is 8.58. The summed E-state index contributed by atoms with van der Waals surface area (Å²) in [6, 6.07) is 1.53. The van der Waals surface area contributed by atoms with Gasteiger partial charge < -0.3 is 4.90 Å². The number of likely N-dealkylation sites (tertiary alicyclic amines) is 1. The molecule has 0 aliphatic carbocycles. The molecule has 18 heavy (non-hydrogen) atoms. The van der Waals surface area contributed by atoms with Crippen LogP contribution in [-0.4, -0.2) is 33.7 Å². The summed E-state index contributed by atoms with van der Waals surface area (Å²) in [6.07, 6.45) is 3.30. The summed E-state index contributed by atoms with van der Waals surface area (Å²) in [5.74, 6) is -0.00690. The molecule has 1 aromatic heterocycles. The first-order valence-electron chi connectivity index (χ1n) is 6.41. The summed E-state index contributed by atoms with van der Waals surface area (Å²) in [7, 11) is 0. The molecule has 98 valence electrons. The van der Waals surface area contributed by atoms with Gasteiger partial charge in [0.2, 0.25) is 5.91 Å². The van der Waals surface area contributed by atoms with Crippen molar-refractivity contribution in [3.8, 4) is 0 Å². The van der Waals surface area contributed by atoms with Gasteiger partial charge in [0.25, 0.3) is 5.56 Å². The number of carbonyl (C=O) groups is 1. The van der Waals surface area contributed by atoms with Gasteiger partial charge >= 0.3 is 0 Å². The van der Waals surface area contributed by atoms with E-state index in [0.29, 0.717) is 0 Å². The molecule has 0 radical (unpaired) electrons. The predicted molar refractivity (Wildman–Crippen MR) is 68.4 cm³/mol. The highest BCUT2D eigenvalue weighted by atomic mass is 16.2. The second kappa shape index (κ2) is 5.33. The molecule has 5 heteroatoms. The maximum atomic E-state index is 12.0. The number of nitrogens with zero attached hydrogens (tertiary/aromatic N) is 3. The van der Waals surface area contributed by atoms with Crippen LogP contribution in [-0.2, 0) is 11.3 Å². The van der Waals surface area contributed by atoms with Crippen molar-refractivity contribution in [2.24, 2.45) is 0 Å². The van der Waals surface area contributed by atoms with Gasteiger partial charge in [-0.25, -0.2) is 4.68 Å². The monoisotopic (exact) mass is 249 g/mol. The van der Waals surface area contributed by atoms with Crippen LogP contribution in [0.2, 0.25) is 0 Å². The maximum Gasteiger partial charge on any atom is 0.267 e. The van der Waals surface area contributed by atoms with Gasteiger partial charge in [0.05, 0.1) is 5.69 Å². The fraction of sp³-hybridized carbons (Fsp3) is 0.615. The molecule has 0 unspecified atom stereocenters. The van der Waals surface area contributed by atoms with Crippen LogP contribution in [0, 0.1) is 13.8 Å². The lowest BCUT2D eigenvalue weighted by atomic mass is 10.1. The van der Waals surface area contributed by atoms with E-state index in [-0.39, 0.29) is 18.0 Å². The Bertz CT molecular complexity index is 501. The fourth-order valence-electron chi connectivity index (χ4n) is 2.16. The third-order valence-corrected chi connectivity index (χ3v) is 3.43. The molecule has 2 rings (SSSR count). The molecule has 0 aromatic carbocycles. The molecule has 1 aromatic rings. The zero-order chi connectivity index (χ0) is 13.1. The lowest BCUT2D eigenvalue weighted by molar-refractivity contribution is -0.133. The number of amides is 1. The minimum atomic E-state index is -0.205. The molecule has 5 nitrogen and oxygen atoms in total. The van der Waals surface area contributed by atoms with E-state index in [2.05, 4.69) is 5.10 Å². The zero-order valence-electron chi connectivity index (χ0n) is 11.0. The van der Waals surface area contributed by atoms with Crippen molar-refractivity contribution in [1.82, 2.24) is 14.7 Å². The van der Waals surface area contributed by atoms with Crippen LogP contribution in [0.15, 0.2) is 10.9 Å². The normalized spacial score (nSPS) is 15.8. The van der Waals surface area contributed by atoms with Gasteiger partial charge in [-0.1, -0.05) is 0 Å². The van der Waals surface area contributed by atoms with Crippen molar-refractivity contribution < 1.29 is 4.79 Å². The zero-order valence-corrected chi connectivity index (χ0v) is 11.0. The quantitative estimate of drug-likeness (QED) is 0.781. The Labute approximate surface area is 106 Å². The standard InChI is InChI=1S/C13H19N3O2/c1-10-8-12(17)16(14-11(10)2)9-13(18)15-6-4-3-5-7-15/h8H,3-7,9H2,1-2H3. The van der Waals surface area contributed by atoms with Crippen molar-refractivity contribution in [3.05, 3.63) is 27.7 Å². The van der Waals surface area contributed by atoms with Crippen LogP contribution in [0.25, 0.3) is 0 Å². The molecule has 0 spiro atoms. The highest BCUT2D eigenvalue weighted by Gasteiger charge is 2.17. The number of aromatic nitrogens is 2. The first kappa shape index (κ1) is 12.8. The molecular weight excluding hydrogens is 230 g/mol. The third kappa shape index (κ3) is 2.78. The summed E-state index contributed by atoms with van der Waals surface area (Å²) < 4.78 is 1.26.